The van der Waals surface area contributed by atoms with Crippen molar-refractivity contribution in [3.05, 3.63) is 60.7 Å². The lowest BCUT2D eigenvalue weighted by Crippen LogP contribution is -2.27. The van der Waals surface area contributed by atoms with Gasteiger partial charge in [0.1, 0.15) is 0 Å². The van der Waals surface area contributed by atoms with Gasteiger partial charge in [-0.25, -0.2) is 0 Å². The smallest absolute Gasteiger partial charge is 0.303 e. The van der Waals surface area contributed by atoms with Crippen molar-refractivity contribution in [3.63, 3.8) is 0 Å². The van der Waals surface area contributed by atoms with E-state index in [0.717, 1.165) is 11.4 Å². The van der Waals surface area contributed by atoms with Crippen molar-refractivity contribution in [1.29, 1.82) is 0 Å². The predicted molar refractivity (Wildman–Crippen MR) is 86.1 cm³/mol. The van der Waals surface area contributed by atoms with Gasteiger partial charge in [-0.1, -0.05) is 43.3 Å². The molecule has 114 valence electrons. The molecule has 0 fully saturated rings. The number of anilines is 2. The summed E-state index contributed by atoms with van der Waals surface area (Å²) in [7, 11) is 0. The zero-order valence-electron chi connectivity index (χ0n) is 12.5. The molecule has 1 amide bonds. The van der Waals surface area contributed by atoms with Crippen LogP contribution in [-0.2, 0) is 9.59 Å². The summed E-state index contributed by atoms with van der Waals surface area (Å²) in [5.41, 5.74) is 1.56. The molecule has 0 bridgehead atoms. The van der Waals surface area contributed by atoms with Crippen LogP contribution in [0.1, 0.15) is 19.8 Å². The van der Waals surface area contributed by atoms with Crippen LogP contribution < -0.4 is 4.90 Å². The maximum Gasteiger partial charge on any atom is 0.303 e. The molecule has 0 unspecified atom stereocenters. The molecule has 22 heavy (non-hydrogen) atoms. The van der Waals surface area contributed by atoms with Crippen LogP contribution in [0.15, 0.2) is 60.7 Å². The zero-order valence-corrected chi connectivity index (χ0v) is 12.5. The lowest BCUT2D eigenvalue weighted by molar-refractivity contribution is -0.138. The standard InChI is InChI=1S/C18H19NO3/c1-14(13-18(21)22)12-17(20)19(15-8-4-2-5-9-15)16-10-6-3-7-11-16/h2-11,14H,12-13H2,1H3,(H,21,22)/t14-/m1/s1. The Kier molecular flexibility index (Phi) is 5.31. The van der Waals surface area contributed by atoms with E-state index in [4.69, 9.17) is 5.11 Å². The van der Waals surface area contributed by atoms with Gasteiger partial charge in [0.2, 0.25) is 5.91 Å². The number of carbonyl (C=O) groups is 2. The predicted octanol–water partition coefficient (Wildman–Crippen LogP) is 3.85. The molecule has 0 aliphatic rings. The fraction of sp³-hybridized carbons (Fsp3) is 0.222. The highest BCUT2D eigenvalue weighted by Crippen LogP contribution is 2.27. The number of hydrogen-bond acceptors (Lipinski definition) is 2. The van der Waals surface area contributed by atoms with Gasteiger partial charge in [-0.2, -0.15) is 0 Å². The first-order chi connectivity index (χ1) is 10.6. The van der Waals surface area contributed by atoms with E-state index in [-0.39, 0.29) is 24.7 Å². The zero-order chi connectivity index (χ0) is 15.9. The Balaban J connectivity index is 2.25. The van der Waals surface area contributed by atoms with Crippen molar-refractivity contribution < 1.29 is 14.7 Å². The van der Waals surface area contributed by atoms with Crippen molar-refractivity contribution in [2.75, 3.05) is 4.90 Å². The number of aliphatic carboxylic acids is 1. The molecule has 1 atom stereocenters. The number of rotatable bonds is 6. The Morgan fingerprint density at radius 3 is 1.77 bits per heavy atom. The lowest BCUT2D eigenvalue weighted by atomic mass is 10.0. The molecule has 0 aliphatic carbocycles. The minimum atomic E-state index is -0.883. The number of amides is 1. The van der Waals surface area contributed by atoms with E-state index < -0.39 is 5.97 Å². The van der Waals surface area contributed by atoms with Crippen LogP contribution in [0.2, 0.25) is 0 Å². The monoisotopic (exact) mass is 297 g/mol. The molecule has 2 aromatic carbocycles. The Morgan fingerprint density at radius 2 is 1.36 bits per heavy atom. The van der Waals surface area contributed by atoms with E-state index in [1.165, 1.54) is 0 Å². The molecule has 1 N–H and O–H groups in total. The summed E-state index contributed by atoms with van der Waals surface area (Å²) < 4.78 is 0. The SMILES string of the molecule is C[C@@H](CC(=O)O)CC(=O)N(c1ccccc1)c1ccccc1. The molecular formula is C18H19NO3. The highest BCUT2D eigenvalue weighted by molar-refractivity contribution is 6.00. The van der Waals surface area contributed by atoms with Gasteiger partial charge in [0.15, 0.2) is 0 Å². The van der Waals surface area contributed by atoms with Gasteiger partial charge in [-0.05, 0) is 30.2 Å². The van der Waals surface area contributed by atoms with Crippen molar-refractivity contribution in [3.8, 4) is 0 Å². The average molecular weight is 297 g/mol. The first kappa shape index (κ1) is 15.8. The maximum atomic E-state index is 12.7. The second-order valence-corrected chi connectivity index (χ2v) is 5.31. The first-order valence-corrected chi connectivity index (χ1v) is 7.22. The Morgan fingerprint density at radius 1 is 0.909 bits per heavy atom. The number of carboxylic acid groups (broad SMARTS) is 1. The van der Waals surface area contributed by atoms with E-state index in [1.54, 1.807) is 11.8 Å². The van der Waals surface area contributed by atoms with Crippen molar-refractivity contribution >= 4 is 23.3 Å². The van der Waals surface area contributed by atoms with Crippen LogP contribution in [0.4, 0.5) is 11.4 Å². The second-order valence-electron chi connectivity index (χ2n) is 5.31. The quantitative estimate of drug-likeness (QED) is 0.881. The van der Waals surface area contributed by atoms with Gasteiger partial charge >= 0.3 is 5.97 Å². The Hall–Kier alpha value is -2.62. The summed E-state index contributed by atoms with van der Waals surface area (Å²) in [5, 5.41) is 8.84. The van der Waals surface area contributed by atoms with Gasteiger partial charge in [-0.15, -0.1) is 0 Å². The Labute approximate surface area is 130 Å². The van der Waals surface area contributed by atoms with Gasteiger partial charge in [0.25, 0.3) is 0 Å². The van der Waals surface area contributed by atoms with Crippen LogP contribution in [-0.4, -0.2) is 17.0 Å². The third-order valence-corrected chi connectivity index (χ3v) is 3.32. The number of hydrogen-bond donors (Lipinski definition) is 1. The molecule has 0 aliphatic heterocycles. The number of benzene rings is 2. The van der Waals surface area contributed by atoms with Crippen LogP contribution >= 0.6 is 0 Å². The van der Waals surface area contributed by atoms with Crippen molar-refractivity contribution in [2.24, 2.45) is 5.92 Å². The minimum Gasteiger partial charge on any atom is -0.481 e. The first-order valence-electron chi connectivity index (χ1n) is 7.22. The molecule has 0 spiro atoms. The van der Waals surface area contributed by atoms with Gasteiger partial charge < -0.3 is 5.11 Å². The van der Waals surface area contributed by atoms with Crippen LogP contribution in [0.5, 0.6) is 0 Å². The summed E-state index contributed by atoms with van der Waals surface area (Å²) >= 11 is 0. The molecule has 4 heteroatoms. The van der Waals surface area contributed by atoms with Crippen LogP contribution in [0, 0.1) is 5.92 Å². The van der Waals surface area contributed by atoms with E-state index in [0.29, 0.717) is 0 Å². The van der Waals surface area contributed by atoms with Gasteiger partial charge in [0.05, 0.1) is 0 Å². The second kappa shape index (κ2) is 7.41. The van der Waals surface area contributed by atoms with Gasteiger partial charge in [0, 0.05) is 24.2 Å². The molecule has 0 heterocycles. The van der Waals surface area contributed by atoms with Crippen LogP contribution in [0.3, 0.4) is 0 Å². The summed E-state index contributed by atoms with van der Waals surface area (Å²) in [6, 6.07) is 18.8. The highest BCUT2D eigenvalue weighted by Gasteiger charge is 2.21. The third kappa shape index (κ3) is 4.19. The summed E-state index contributed by atoms with van der Waals surface area (Å²) in [6.07, 6.45) is 0.180. The average Bonchev–Trinajstić information content (AvgIpc) is 2.48. The number of nitrogens with zero attached hydrogens (tertiary/aromatic N) is 1. The molecule has 0 saturated carbocycles. The fourth-order valence-electron chi connectivity index (χ4n) is 2.35. The van der Waals surface area contributed by atoms with E-state index in [1.807, 2.05) is 60.7 Å². The van der Waals surface area contributed by atoms with Crippen molar-refractivity contribution in [2.45, 2.75) is 19.8 Å². The molecule has 4 nitrogen and oxygen atoms in total. The minimum absolute atomic E-state index is 0.0108. The van der Waals surface area contributed by atoms with E-state index in [9.17, 15) is 9.59 Å². The number of carbonyl (C=O) groups excluding carboxylic acids is 1. The topological polar surface area (TPSA) is 57.6 Å². The summed E-state index contributed by atoms with van der Waals surface area (Å²) in [6.45, 7) is 1.78. The van der Waals surface area contributed by atoms with E-state index >= 15 is 0 Å². The fourth-order valence-corrected chi connectivity index (χ4v) is 2.35. The number of carboxylic acids is 1. The lowest BCUT2D eigenvalue weighted by Gasteiger charge is -2.24. The molecular weight excluding hydrogens is 278 g/mol. The normalized spacial score (nSPS) is 11.7. The molecule has 0 aromatic heterocycles. The van der Waals surface area contributed by atoms with E-state index in [2.05, 4.69) is 0 Å². The van der Waals surface area contributed by atoms with Crippen molar-refractivity contribution in [1.82, 2.24) is 0 Å². The molecule has 0 saturated heterocycles. The summed E-state index contributed by atoms with van der Waals surface area (Å²) in [5.74, 6) is -1.20. The molecule has 2 rings (SSSR count). The van der Waals surface area contributed by atoms with Crippen LogP contribution in [0.25, 0.3) is 0 Å². The highest BCUT2D eigenvalue weighted by atomic mass is 16.4. The maximum absolute atomic E-state index is 12.7. The molecule has 0 radical (unpaired) electrons. The summed E-state index contributed by atoms with van der Waals surface area (Å²) in [4.78, 5) is 25.1. The number of para-hydroxylation sites is 2. The molecule has 2 aromatic rings. The third-order valence-electron chi connectivity index (χ3n) is 3.32. The Bertz CT molecular complexity index is 586. The largest absolute Gasteiger partial charge is 0.481 e. The van der Waals surface area contributed by atoms with Gasteiger partial charge in [-0.3, -0.25) is 14.5 Å².